The number of hydrogen-bond donors (Lipinski definition) is 5. The second-order valence-electron chi connectivity index (χ2n) is 7.98. The van der Waals surface area contributed by atoms with Crippen molar-refractivity contribution in [2.24, 2.45) is 0 Å². The molecule has 1 atom stereocenters. The van der Waals surface area contributed by atoms with Crippen LogP contribution in [0.3, 0.4) is 0 Å². The molecule has 0 unspecified atom stereocenters. The first kappa shape index (κ1) is 27.8. The highest BCUT2D eigenvalue weighted by Crippen LogP contribution is 2.30. The van der Waals surface area contributed by atoms with E-state index >= 15 is 0 Å². The SMILES string of the molecule is COc1cc(C)c(Cl)cc1S(=O)(=O)N[C@@H](CCC(=O)NNc1ccccc1)C(=O)NNc1ccccc1. The van der Waals surface area contributed by atoms with Gasteiger partial charge in [0.05, 0.1) is 18.5 Å². The number of hydrazine groups is 2. The zero-order chi connectivity index (χ0) is 26.8. The number of hydrogen-bond acceptors (Lipinski definition) is 7. The second kappa shape index (κ2) is 12.9. The predicted molar refractivity (Wildman–Crippen MR) is 142 cm³/mol. The molecule has 0 radical (unpaired) electrons. The molecule has 12 heteroatoms. The van der Waals surface area contributed by atoms with Gasteiger partial charge in [0.2, 0.25) is 15.9 Å². The number of carbonyl (C=O) groups excluding carboxylic acids is 2. The van der Waals surface area contributed by atoms with Crippen molar-refractivity contribution in [1.82, 2.24) is 15.6 Å². The minimum absolute atomic E-state index is 0.0702. The Labute approximate surface area is 220 Å². The lowest BCUT2D eigenvalue weighted by molar-refractivity contribution is -0.123. The van der Waals surface area contributed by atoms with Gasteiger partial charge in [0.25, 0.3) is 5.91 Å². The van der Waals surface area contributed by atoms with Gasteiger partial charge in [-0.3, -0.25) is 31.3 Å². The summed E-state index contributed by atoms with van der Waals surface area (Å²) in [5.74, 6) is -1.05. The van der Waals surface area contributed by atoms with Crippen LogP contribution in [0.15, 0.2) is 77.7 Å². The molecule has 3 rings (SSSR count). The van der Waals surface area contributed by atoms with Gasteiger partial charge in [-0.25, -0.2) is 8.42 Å². The van der Waals surface area contributed by atoms with Gasteiger partial charge in [0.1, 0.15) is 16.7 Å². The number of amides is 2. The van der Waals surface area contributed by atoms with E-state index < -0.39 is 27.9 Å². The number of benzene rings is 3. The van der Waals surface area contributed by atoms with Gasteiger partial charge in [-0.05, 0) is 55.3 Å². The molecule has 0 saturated heterocycles. The van der Waals surface area contributed by atoms with Gasteiger partial charge in [-0.1, -0.05) is 48.0 Å². The third kappa shape index (κ3) is 8.10. The van der Waals surface area contributed by atoms with E-state index in [-0.39, 0.29) is 28.5 Å². The third-order valence-electron chi connectivity index (χ3n) is 5.23. The molecule has 0 fully saturated rings. The fourth-order valence-electron chi connectivity index (χ4n) is 3.24. The highest BCUT2D eigenvalue weighted by atomic mass is 35.5. The minimum atomic E-state index is -4.27. The molecular formula is C25H28ClN5O5S. The summed E-state index contributed by atoms with van der Waals surface area (Å²) in [6.45, 7) is 1.71. The van der Waals surface area contributed by atoms with Crippen molar-refractivity contribution in [2.75, 3.05) is 18.0 Å². The Morgan fingerprint density at radius 1 is 0.919 bits per heavy atom. The van der Waals surface area contributed by atoms with Crippen molar-refractivity contribution in [3.63, 3.8) is 0 Å². The van der Waals surface area contributed by atoms with E-state index in [0.717, 1.165) is 0 Å². The van der Waals surface area contributed by atoms with Gasteiger partial charge < -0.3 is 4.74 Å². The van der Waals surface area contributed by atoms with Crippen molar-refractivity contribution < 1.29 is 22.7 Å². The molecule has 0 aliphatic heterocycles. The average Bonchev–Trinajstić information content (AvgIpc) is 2.90. The first-order chi connectivity index (χ1) is 17.7. The first-order valence-electron chi connectivity index (χ1n) is 11.3. The Bertz CT molecular complexity index is 1320. The number of rotatable bonds is 12. The molecule has 0 aliphatic rings. The lowest BCUT2D eigenvalue weighted by atomic mass is 10.1. The van der Waals surface area contributed by atoms with E-state index in [4.69, 9.17) is 16.3 Å². The van der Waals surface area contributed by atoms with Gasteiger partial charge in [0, 0.05) is 11.4 Å². The Hall–Kier alpha value is -3.80. The Kier molecular flexibility index (Phi) is 9.72. The zero-order valence-electron chi connectivity index (χ0n) is 20.2. The number of aryl methyl sites for hydroxylation is 1. The number of methoxy groups -OCH3 is 1. The highest BCUT2D eigenvalue weighted by Gasteiger charge is 2.29. The summed E-state index contributed by atoms with van der Waals surface area (Å²) in [4.78, 5) is 25.2. The molecule has 0 heterocycles. The first-order valence-corrected chi connectivity index (χ1v) is 13.1. The third-order valence-corrected chi connectivity index (χ3v) is 7.13. The molecular weight excluding hydrogens is 518 g/mol. The lowest BCUT2D eigenvalue weighted by Gasteiger charge is -2.20. The van der Waals surface area contributed by atoms with Gasteiger partial charge in [0.15, 0.2) is 0 Å². The summed E-state index contributed by atoms with van der Waals surface area (Å²) in [6.07, 6.45) is -0.288. The maximum Gasteiger partial charge on any atom is 0.256 e. The second-order valence-corrected chi connectivity index (χ2v) is 10.1. The van der Waals surface area contributed by atoms with Crippen LogP contribution >= 0.6 is 11.6 Å². The molecule has 3 aromatic rings. The topological polar surface area (TPSA) is 138 Å². The van der Waals surface area contributed by atoms with Gasteiger partial charge >= 0.3 is 0 Å². The van der Waals surface area contributed by atoms with E-state index in [9.17, 15) is 18.0 Å². The molecule has 2 amide bonds. The summed E-state index contributed by atoms with van der Waals surface area (Å²) in [6, 6.07) is 19.2. The minimum Gasteiger partial charge on any atom is -0.495 e. The summed E-state index contributed by atoms with van der Waals surface area (Å²) >= 11 is 6.16. The van der Waals surface area contributed by atoms with Crippen molar-refractivity contribution in [3.05, 3.63) is 83.4 Å². The van der Waals surface area contributed by atoms with Crippen molar-refractivity contribution >= 4 is 44.8 Å². The fraction of sp³-hybridized carbons (Fsp3) is 0.200. The molecule has 0 aliphatic carbocycles. The van der Waals surface area contributed by atoms with Gasteiger partial charge in [-0.2, -0.15) is 4.72 Å². The van der Waals surface area contributed by atoms with E-state index in [2.05, 4.69) is 26.4 Å². The molecule has 10 nitrogen and oxygen atoms in total. The van der Waals surface area contributed by atoms with Crippen LogP contribution in [0.1, 0.15) is 18.4 Å². The largest absolute Gasteiger partial charge is 0.495 e. The van der Waals surface area contributed by atoms with Crippen molar-refractivity contribution in [3.8, 4) is 5.75 Å². The maximum atomic E-state index is 13.3. The molecule has 37 heavy (non-hydrogen) atoms. The number of para-hydroxylation sites is 2. The van der Waals surface area contributed by atoms with Crippen LogP contribution in [-0.2, 0) is 19.6 Å². The standard InChI is InChI=1S/C25H28ClN5O5S/c1-17-15-22(36-2)23(16-20(17)26)37(34,35)31-21(25(33)30-28-19-11-7-4-8-12-19)13-14-24(32)29-27-18-9-5-3-6-10-18/h3-12,15-16,21,27-28,31H,13-14H2,1-2H3,(H,29,32)(H,30,33)/t21-/m0/s1. The number of ether oxygens (including phenoxy) is 1. The van der Waals surface area contributed by atoms with Crippen LogP contribution < -0.4 is 31.2 Å². The molecule has 0 spiro atoms. The Morgan fingerprint density at radius 3 is 2.05 bits per heavy atom. The highest BCUT2D eigenvalue weighted by molar-refractivity contribution is 7.89. The molecule has 0 bridgehead atoms. The molecule has 0 saturated carbocycles. The summed E-state index contributed by atoms with van der Waals surface area (Å²) in [7, 11) is -2.93. The van der Waals surface area contributed by atoms with Crippen molar-refractivity contribution in [1.29, 1.82) is 0 Å². The quantitative estimate of drug-likeness (QED) is 0.220. The van der Waals surface area contributed by atoms with Crippen LogP contribution in [-0.4, -0.2) is 33.4 Å². The van der Waals surface area contributed by atoms with E-state index in [1.54, 1.807) is 55.5 Å². The fourth-order valence-corrected chi connectivity index (χ4v) is 4.88. The molecule has 3 aromatic carbocycles. The number of sulfonamides is 1. The normalized spacial score (nSPS) is 11.8. The number of halogens is 1. The van der Waals surface area contributed by atoms with Crippen molar-refractivity contribution in [2.45, 2.75) is 30.7 Å². The summed E-state index contributed by atoms with van der Waals surface area (Å²) in [5, 5.41) is 0.222. The Balaban J connectivity index is 1.74. The predicted octanol–water partition coefficient (Wildman–Crippen LogP) is 3.37. The number of nitrogens with one attached hydrogen (secondary N) is 5. The summed E-state index contributed by atoms with van der Waals surface area (Å²) in [5.41, 5.74) is 12.4. The van der Waals surface area contributed by atoms with Crippen LogP contribution in [0.4, 0.5) is 11.4 Å². The molecule has 5 N–H and O–H groups in total. The summed E-state index contributed by atoms with van der Waals surface area (Å²) < 4.78 is 34.1. The number of carbonyl (C=O) groups is 2. The van der Waals surface area contributed by atoms with Gasteiger partial charge in [-0.15, -0.1) is 0 Å². The average molecular weight is 546 g/mol. The molecule has 0 aromatic heterocycles. The smallest absolute Gasteiger partial charge is 0.256 e. The Morgan fingerprint density at radius 2 is 1.49 bits per heavy atom. The lowest BCUT2D eigenvalue weighted by Crippen LogP contribution is -2.48. The maximum absolute atomic E-state index is 13.3. The van der Waals surface area contributed by atoms with E-state index in [0.29, 0.717) is 16.9 Å². The zero-order valence-corrected chi connectivity index (χ0v) is 21.8. The van der Waals surface area contributed by atoms with E-state index in [1.807, 2.05) is 12.1 Å². The monoisotopic (exact) mass is 545 g/mol. The van der Waals surface area contributed by atoms with E-state index in [1.165, 1.54) is 19.2 Å². The molecule has 196 valence electrons. The van der Waals surface area contributed by atoms with Crippen LogP contribution in [0.2, 0.25) is 5.02 Å². The number of anilines is 2. The van der Waals surface area contributed by atoms with Crippen LogP contribution in [0.5, 0.6) is 5.75 Å². The van der Waals surface area contributed by atoms with Crippen LogP contribution in [0, 0.1) is 6.92 Å². The van der Waals surface area contributed by atoms with Crippen LogP contribution in [0.25, 0.3) is 0 Å².